The summed E-state index contributed by atoms with van der Waals surface area (Å²) < 4.78 is 28.3. The van der Waals surface area contributed by atoms with Gasteiger partial charge >= 0.3 is 0 Å². The van der Waals surface area contributed by atoms with Gasteiger partial charge < -0.3 is 15.6 Å². The number of halogens is 2. The van der Waals surface area contributed by atoms with Gasteiger partial charge in [0, 0.05) is 29.2 Å². The molecule has 0 radical (unpaired) electrons. The fraction of sp³-hybridized carbons (Fsp3) is 0.148. The second-order valence-electron chi connectivity index (χ2n) is 8.31. The molecule has 33 heavy (non-hydrogen) atoms. The standard InChI is InChI=1S/C27H23F2N3O/c28-20-10-11-23(29)22(14-20)19-13-26(17-6-2-1-3-7-17)32(16-19)27(33)24(30)12-18-15-31-25-9-5-4-8-21(18)25/h1-11,13-15,24,26,31H,12,16,30H2/t24-,26?/m0/s1. The van der Waals surface area contributed by atoms with Crippen molar-refractivity contribution in [2.45, 2.75) is 18.5 Å². The number of nitrogens with two attached hydrogens (primary N) is 1. The lowest BCUT2D eigenvalue weighted by molar-refractivity contribution is -0.133. The molecule has 6 heteroatoms. The molecular weight excluding hydrogens is 420 g/mol. The van der Waals surface area contributed by atoms with Crippen molar-refractivity contribution in [2.75, 3.05) is 6.54 Å². The van der Waals surface area contributed by atoms with Crippen molar-refractivity contribution < 1.29 is 13.6 Å². The molecule has 0 fully saturated rings. The molecule has 1 aliphatic heterocycles. The minimum atomic E-state index is -0.777. The molecule has 1 aliphatic rings. The van der Waals surface area contributed by atoms with E-state index in [1.165, 1.54) is 6.07 Å². The van der Waals surface area contributed by atoms with E-state index in [0.29, 0.717) is 12.0 Å². The molecule has 3 N–H and O–H groups in total. The number of nitrogens with one attached hydrogen (secondary N) is 1. The number of amides is 1. The van der Waals surface area contributed by atoms with Crippen molar-refractivity contribution >= 4 is 22.4 Å². The first-order valence-electron chi connectivity index (χ1n) is 10.8. The Bertz CT molecular complexity index is 1350. The Kier molecular flexibility index (Phi) is 5.52. The van der Waals surface area contributed by atoms with Crippen LogP contribution in [0, 0.1) is 11.6 Å². The third-order valence-electron chi connectivity index (χ3n) is 6.17. The molecule has 3 aromatic carbocycles. The number of carbonyl (C=O) groups excluding carboxylic acids is 1. The summed E-state index contributed by atoms with van der Waals surface area (Å²) in [5, 5.41) is 1.03. The molecule has 0 saturated heterocycles. The lowest BCUT2D eigenvalue weighted by atomic mass is 10.0. The zero-order chi connectivity index (χ0) is 22.9. The molecular formula is C27H23F2N3O. The van der Waals surface area contributed by atoms with E-state index in [1.54, 1.807) is 4.90 Å². The van der Waals surface area contributed by atoms with E-state index in [0.717, 1.165) is 34.2 Å². The molecule has 4 nitrogen and oxygen atoms in total. The Morgan fingerprint density at radius 2 is 1.82 bits per heavy atom. The van der Waals surface area contributed by atoms with Gasteiger partial charge in [-0.05, 0) is 47.4 Å². The molecule has 5 rings (SSSR count). The molecule has 4 aromatic rings. The second-order valence-corrected chi connectivity index (χ2v) is 8.31. The highest BCUT2D eigenvalue weighted by Crippen LogP contribution is 2.36. The van der Waals surface area contributed by atoms with Crippen molar-refractivity contribution in [3.05, 3.63) is 113 Å². The number of benzene rings is 3. The molecule has 1 amide bonds. The van der Waals surface area contributed by atoms with Crippen molar-refractivity contribution in [3.8, 4) is 0 Å². The maximum Gasteiger partial charge on any atom is 0.240 e. The highest BCUT2D eigenvalue weighted by atomic mass is 19.1. The van der Waals surface area contributed by atoms with Crippen LogP contribution in [-0.2, 0) is 11.2 Å². The smallest absolute Gasteiger partial charge is 0.240 e. The number of hydrogen-bond donors (Lipinski definition) is 2. The van der Waals surface area contributed by atoms with Gasteiger partial charge in [0.2, 0.25) is 5.91 Å². The van der Waals surface area contributed by atoms with Crippen molar-refractivity contribution in [1.29, 1.82) is 0 Å². The molecule has 1 unspecified atom stereocenters. The molecule has 0 spiro atoms. The van der Waals surface area contributed by atoms with E-state index >= 15 is 0 Å². The molecule has 2 heterocycles. The normalized spacial score (nSPS) is 16.8. The second kappa shape index (κ2) is 8.64. The number of nitrogens with zero attached hydrogens (tertiary/aromatic N) is 1. The highest BCUT2D eigenvalue weighted by Gasteiger charge is 2.34. The summed E-state index contributed by atoms with van der Waals surface area (Å²) in [5.74, 6) is -1.28. The minimum Gasteiger partial charge on any atom is -0.361 e. The molecule has 1 aromatic heterocycles. The van der Waals surface area contributed by atoms with E-state index in [-0.39, 0.29) is 18.0 Å². The van der Waals surface area contributed by atoms with Gasteiger partial charge in [0.05, 0.1) is 12.1 Å². The number of carbonyl (C=O) groups is 1. The Labute approximate surface area is 190 Å². The Balaban J connectivity index is 1.45. The Morgan fingerprint density at radius 3 is 2.64 bits per heavy atom. The topological polar surface area (TPSA) is 62.1 Å². The zero-order valence-corrected chi connectivity index (χ0v) is 17.8. The third-order valence-corrected chi connectivity index (χ3v) is 6.17. The quantitative estimate of drug-likeness (QED) is 0.457. The summed E-state index contributed by atoms with van der Waals surface area (Å²) >= 11 is 0. The number of rotatable bonds is 5. The van der Waals surface area contributed by atoms with Crippen LogP contribution in [-0.4, -0.2) is 28.4 Å². The number of H-pyrrole nitrogens is 1. The van der Waals surface area contributed by atoms with E-state index in [4.69, 9.17) is 5.73 Å². The van der Waals surface area contributed by atoms with Crippen LogP contribution in [0.2, 0.25) is 0 Å². The van der Waals surface area contributed by atoms with Crippen LogP contribution in [0.3, 0.4) is 0 Å². The van der Waals surface area contributed by atoms with Gasteiger partial charge in [0.1, 0.15) is 11.6 Å². The number of fused-ring (bicyclic) bond motifs is 1. The Morgan fingerprint density at radius 1 is 1.06 bits per heavy atom. The number of aromatic nitrogens is 1. The van der Waals surface area contributed by atoms with Crippen LogP contribution < -0.4 is 5.73 Å². The zero-order valence-electron chi connectivity index (χ0n) is 17.8. The van der Waals surface area contributed by atoms with E-state index in [2.05, 4.69) is 4.98 Å². The summed E-state index contributed by atoms with van der Waals surface area (Å²) in [7, 11) is 0. The maximum absolute atomic E-state index is 14.5. The molecule has 0 saturated carbocycles. The summed E-state index contributed by atoms with van der Waals surface area (Å²) in [6.45, 7) is 0.153. The summed E-state index contributed by atoms with van der Waals surface area (Å²) in [6, 6.07) is 19.5. The van der Waals surface area contributed by atoms with Crippen molar-refractivity contribution in [3.63, 3.8) is 0 Å². The average Bonchev–Trinajstić information content (AvgIpc) is 3.46. The average molecular weight is 443 g/mol. The lowest BCUT2D eigenvalue weighted by Gasteiger charge is -2.28. The van der Waals surface area contributed by atoms with Crippen molar-refractivity contribution in [1.82, 2.24) is 9.88 Å². The van der Waals surface area contributed by atoms with Gasteiger partial charge in [-0.15, -0.1) is 0 Å². The largest absolute Gasteiger partial charge is 0.361 e. The van der Waals surface area contributed by atoms with Gasteiger partial charge in [-0.3, -0.25) is 4.79 Å². The minimum absolute atomic E-state index is 0.153. The van der Waals surface area contributed by atoms with Gasteiger partial charge in [-0.2, -0.15) is 0 Å². The van der Waals surface area contributed by atoms with E-state index in [9.17, 15) is 13.6 Å². The summed E-state index contributed by atoms with van der Waals surface area (Å²) in [4.78, 5) is 18.4. The van der Waals surface area contributed by atoms with Crippen LogP contribution >= 0.6 is 0 Å². The molecule has 166 valence electrons. The van der Waals surface area contributed by atoms with Crippen LogP contribution in [0.4, 0.5) is 8.78 Å². The van der Waals surface area contributed by atoms with Gasteiger partial charge in [-0.25, -0.2) is 8.78 Å². The van der Waals surface area contributed by atoms with Gasteiger partial charge in [0.25, 0.3) is 0 Å². The van der Waals surface area contributed by atoms with Crippen LogP contribution in [0.15, 0.2) is 85.1 Å². The first kappa shape index (κ1) is 21.1. The highest BCUT2D eigenvalue weighted by molar-refractivity contribution is 5.89. The first-order chi connectivity index (χ1) is 16.0. The molecule has 2 atom stereocenters. The maximum atomic E-state index is 14.5. The third kappa shape index (κ3) is 4.05. The van der Waals surface area contributed by atoms with Crippen molar-refractivity contribution in [2.24, 2.45) is 5.73 Å². The Hall–Kier alpha value is -3.77. The molecule has 0 bridgehead atoms. The lowest BCUT2D eigenvalue weighted by Crippen LogP contribution is -2.45. The first-order valence-corrected chi connectivity index (χ1v) is 10.8. The summed E-state index contributed by atoms with van der Waals surface area (Å²) in [6.07, 6.45) is 4.07. The fourth-order valence-electron chi connectivity index (χ4n) is 4.51. The van der Waals surface area contributed by atoms with E-state index < -0.39 is 23.7 Å². The van der Waals surface area contributed by atoms with Crippen LogP contribution in [0.5, 0.6) is 0 Å². The van der Waals surface area contributed by atoms with E-state index in [1.807, 2.05) is 66.9 Å². The van der Waals surface area contributed by atoms with Gasteiger partial charge in [0.15, 0.2) is 0 Å². The SMILES string of the molecule is N[C@@H](Cc1c[nH]c2ccccc12)C(=O)N1CC(c2cc(F)ccc2F)=CC1c1ccccc1. The van der Waals surface area contributed by atoms with Crippen LogP contribution in [0.25, 0.3) is 16.5 Å². The fourth-order valence-corrected chi connectivity index (χ4v) is 4.51. The van der Waals surface area contributed by atoms with Crippen LogP contribution in [0.1, 0.15) is 22.7 Å². The number of aromatic amines is 1. The number of para-hydroxylation sites is 1. The van der Waals surface area contributed by atoms with Gasteiger partial charge in [-0.1, -0.05) is 54.6 Å². The summed E-state index contributed by atoms with van der Waals surface area (Å²) in [5.41, 5.74) is 9.96. The molecule has 0 aliphatic carbocycles. The number of hydrogen-bond acceptors (Lipinski definition) is 2. The predicted octanol–water partition coefficient (Wildman–Crippen LogP) is 4.98. The monoisotopic (exact) mass is 443 g/mol. The predicted molar refractivity (Wildman–Crippen MR) is 125 cm³/mol.